The zero-order valence-corrected chi connectivity index (χ0v) is 17.0. The first-order chi connectivity index (χ1) is 12.9. The Labute approximate surface area is 161 Å². The molecule has 1 fully saturated rings. The average molecular weight is 370 g/mol. The van der Waals surface area contributed by atoms with Crippen molar-refractivity contribution in [3.05, 3.63) is 41.7 Å². The Morgan fingerprint density at radius 2 is 2.04 bits per heavy atom. The Kier molecular flexibility index (Phi) is 5.73. The van der Waals surface area contributed by atoms with Crippen LogP contribution in [0.15, 0.2) is 30.3 Å². The van der Waals surface area contributed by atoms with Crippen molar-refractivity contribution in [2.45, 2.75) is 33.2 Å². The van der Waals surface area contributed by atoms with Crippen LogP contribution in [0.1, 0.15) is 37.0 Å². The summed E-state index contributed by atoms with van der Waals surface area (Å²) in [5, 5.41) is 4.52. The highest BCUT2D eigenvalue weighted by molar-refractivity contribution is 5.93. The molecule has 1 aromatic heterocycles. The molecule has 6 heteroatoms. The summed E-state index contributed by atoms with van der Waals surface area (Å²) in [5.74, 6) is 1.45. The number of amides is 1. The molecule has 0 aliphatic carbocycles. The lowest BCUT2D eigenvalue weighted by Crippen LogP contribution is -2.54. The quantitative estimate of drug-likeness (QED) is 0.812. The summed E-state index contributed by atoms with van der Waals surface area (Å²) in [7, 11) is 3.55. The van der Waals surface area contributed by atoms with Crippen molar-refractivity contribution in [2.75, 3.05) is 31.6 Å². The third kappa shape index (κ3) is 4.10. The summed E-state index contributed by atoms with van der Waals surface area (Å²) in [6.07, 6.45) is 0.887. The predicted molar refractivity (Wildman–Crippen MR) is 107 cm³/mol. The number of aromatic nitrogens is 2. The van der Waals surface area contributed by atoms with Crippen LogP contribution in [-0.2, 0) is 13.5 Å². The molecule has 1 aromatic carbocycles. The number of carbonyl (C=O) groups excluding carboxylic acids is 1. The van der Waals surface area contributed by atoms with Gasteiger partial charge in [-0.1, -0.05) is 26.0 Å². The van der Waals surface area contributed by atoms with Crippen molar-refractivity contribution in [2.24, 2.45) is 13.0 Å². The third-order valence-corrected chi connectivity index (χ3v) is 5.08. The van der Waals surface area contributed by atoms with Gasteiger partial charge in [-0.25, -0.2) is 0 Å². The molecule has 1 amide bonds. The molecule has 6 nitrogen and oxygen atoms in total. The van der Waals surface area contributed by atoms with Gasteiger partial charge in [0.25, 0.3) is 5.91 Å². The highest BCUT2D eigenvalue weighted by atomic mass is 16.5. The molecule has 27 heavy (non-hydrogen) atoms. The van der Waals surface area contributed by atoms with Gasteiger partial charge >= 0.3 is 0 Å². The first-order valence-electron chi connectivity index (χ1n) is 9.62. The minimum Gasteiger partial charge on any atom is -0.495 e. The van der Waals surface area contributed by atoms with Gasteiger partial charge in [0.1, 0.15) is 11.4 Å². The van der Waals surface area contributed by atoms with E-state index in [0.29, 0.717) is 18.2 Å². The van der Waals surface area contributed by atoms with Crippen LogP contribution in [0.4, 0.5) is 5.69 Å². The molecule has 2 heterocycles. The number of anilines is 1. The zero-order chi connectivity index (χ0) is 19.6. The normalized spacial score (nSPS) is 17.5. The minimum atomic E-state index is 0.0622. The van der Waals surface area contributed by atoms with E-state index in [9.17, 15) is 4.79 Å². The molecule has 0 saturated carbocycles. The van der Waals surface area contributed by atoms with Crippen molar-refractivity contribution >= 4 is 11.6 Å². The number of piperazine rings is 1. The summed E-state index contributed by atoms with van der Waals surface area (Å²) in [5.41, 5.74) is 2.73. The maximum absolute atomic E-state index is 13.1. The number of rotatable bonds is 5. The number of methoxy groups -OCH3 is 1. The molecule has 146 valence electrons. The Balaban J connectivity index is 1.73. The molecule has 0 N–H and O–H groups in total. The van der Waals surface area contributed by atoms with Gasteiger partial charge in [0, 0.05) is 32.7 Å². The largest absolute Gasteiger partial charge is 0.495 e. The van der Waals surface area contributed by atoms with Gasteiger partial charge in [-0.2, -0.15) is 5.10 Å². The Hall–Kier alpha value is -2.50. The molecule has 1 aliphatic rings. The fourth-order valence-corrected chi connectivity index (χ4v) is 3.76. The SMILES string of the molecule is COc1ccccc1N1CCN(C(=O)c2cc(CC(C)C)nn2C)[C@H](C)C1. The van der Waals surface area contributed by atoms with Gasteiger partial charge in [-0.3, -0.25) is 9.48 Å². The highest BCUT2D eigenvalue weighted by Gasteiger charge is 2.30. The van der Waals surface area contributed by atoms with Crippen LogP contribution < -0.4 is 9.64 Å². The molecular formula is C21H30N4O2. The molecule has 1 saturated heterocycles. The number of carbonyl (C=O) groups is 1. The molecule has 2 aromatic rings. The number of para-hydroxylation sites is 2. The molecule has 0 spiro atoms. The van der Waals surface area contributed by atoms with Crippen LogP contribution in [0.5, 0.6) is 5.75 Å². The van der Waals surface area contributed by atoms with E-state index in [1.807, 2.05) is 36.2 Å². The van der Waals surface area contributed by atoms with Gasteiger partial charge in [-0.15, -0.1) is 0 Å². The molecular weight excluding hydrogens is 340 g/mol. The van der Waals surface area contributed by atoms with Gasteiger partial charge in [0.2, 0.25) is 0 Å². The molecule has 1 atom stereocenters. The van der Waals surface area contributed by atoms with Gasteiger partial charge in [0.05, 0.1) is 18.5 Å². The van der Waals surface area contributed by atoms with E-state index in [1.54, 1.807) is 11.8 Å². The van der Waals surface area contributed by atoms with Gasteiger partial charge in [0.15, 0.2) is 0 Å². The van der Waals surface area contributed by atoms with Crippen LogP contribution >= 0.6 is 0 Å². The number of hydrogen-bond acceptors (Lipinski definition) is 4. The van der Waals surface area contributed by atoms with Crippen molar-refractivity contribution in [3.8, 4) is 5.75 Å². The zero-order valence-electron chi connectivity index (χ0n) is 17.0. The smallest absolute Gasteiger partial charge is 0.272 e. The molecule has 0 unspecified atom stereocenters. The lowest BCUT2D eigenvalue weighted by molar-refractivity contribution is 0.0662. The lowest BCUT2D eigenvalue weighted by Gasteiger charge is -2.41. The van der Waals surface area contributed by atoms with E-state index < -0.39 is 0 Å². The van der Waals surface area contributed by atoms with E-state index in [2.05, 4.69) is 36.8 Å². The van der Waals surface area contributed by atoms with Crippen LogP contribution in [0.25, 0.3) is 0 Å². The van der Waals surface area contributed by atoms with Crippen LogP contribution in [0.3, 0.4) is 0 Å². The maximum atomic E-state index is 13.1. The van der Waals surface area contributed by atoms with E-state index in [1.165, 1.54) is 0 Å². The fourth-order valence-electron chi connectivity index (χ4n) is 3.76. The Bertz CT molecular complexity index is 799. The Morgan fingerprint density at radius 3 is 2.70 bits per heavy atom. The monoisotopic (exact) mass is 370 g/mol. The lowest BCUT2D eigenvalue weighted by atomic mass is 10.1. The summed E-state index contributed by atoms with van der Waals surface area (Å²) < 4.78 is 7.22. The number of benzene rings is 1. The van der Waals surface area contributed by atoms with Gasteiger partial charge < -0.3 is 14.5 Å². The van der Waals surface area contributed by atoms with Gasteiger partial charge in [-0.05, 0) is 37.5 Å². The topological polar surface area (TPSA) is 50.6 Å². The van der Waals surface area contributed by atoms with E-state index >= 15 is 0 Å². The number of aryl methyl sites for hydroxylation is 1. The first-order valence-corrected chi connectivity index (χ1v) is 9.62. The molecule has 0 bridgehead atoms. The first kappa shape index (κ1) is 19.3. The minimum absolute atomic E-state index is 0.0622. The summed E-state index contributed by atoms with van der Waals surface area (Å²) in [6, 6.07) is 10.1. The molecule has 3 rings (SSSR count). The molecule has 1 aliphatic heterocycles. The third-order valence-electron chi connectivity index (χ3n) is 5.08. The summed E-state index contributed by atoms with van der Waals surface area (Å²) in [4.78, 5) is 17.4. The van der Waals surface area contributed by atoms with Crippen LogP contribution in [0.2, 0.25) is 0 Å². The van der Waals surface area contributed by atoms with E-state index in [-0.39, 0.29) is 11.9 Å². The standard InChI is InChI=1S/C21H30N4O2/c1-15(2)12-17-13-19(23(4)22-17)21(26)25-11-10-24(14-16(25)3)18-8-6-7-9-20(18)27-5/h6-9,13,15-16H,10-12,14H2,1-5H3/t16-/m1/s1. The fraction of sp³-hybridized carbons (Fsp3) is 0.524. The van der Waals surface area contributed by atoms with Crippen molar-refractivity contribution in [3.63, 3.8) is 0 Å². The van der Waals surface area contributed by atoms with E-state index in [0.717, 1.165) is 36.6 Å². The molecule has 0 radical (unpaired) electrons. The second-order valence-corrected chi connectivity index (χ2v) is 7.71. The van der Waals surface area contributed by atoms with Crippen molar-refractivity contribution in [1.82, 2.24) is 14.7 Å². The van der Waals surface area contributed by atoms with Crippen LogP contribution in [-0.4, -0.2) is 53.4 Å². The van der Waals surface area contributed by atoms with Crippen molar-refractivity contribution in [1.29, 1.82) is 0 Å². The van der Waals surface area contributed by atoms with Crippen LogP contribution in [0, 0.1) is 5.92 Å². The Morgan fingerprint density at radius 1 is 1.30 bits per heavy atom. The highest BCUT2D eigenvalue weighted by Crippen LogP contribution is 2.29. The predicted octanol–water partition coefficient (Wildman–Crippen LogP) is 2.98. The number of ether oxygens (including phenoxy) is 1. The second kappa shape index (κ2) is 8.03. The van der Waals surface area contributed by atoms with E-state index in [4.69, 9.17) is 4.74 Å². The second-order valence-electron chi connectivity index (χ2n) is 7.71. The number of hydrogen-bond donors (Lipinski definition) is 0. The number of nitrogens with zero attached hydrogens (tertiary/aromatic N) is 4. The summed E-state index contributed by atoms with van der Waals surface area (Å²) >= 11 is 0. The average Bonchev–Trinajstić information content (AvgIpc) is 3.00. The summed E-state index contributed by atoms with van der Waals surface area (Å²) in [6.45, 7) is 8.67. The van der Waals surface area contributed by atoms with Crippen molar-refractivity contribution < 1.29 is 9.53 Å². The maximum Gasteiger partial charge on any atom is 0.272 e.